The molecule has 3 amide bonds. The van der Waals surface area contributed by atoms with Crippen molar-refractivity contribution in [1.82, 2.24) is 20.2 Å². The van der Waals surface area contributed by atoms with Gasteiger partial charge in [0.05, 0.1) is 0 Å². The van der Waals surface area contributed by atoms with E-state index in [1.807, 2.05) is 4.98 Å². The van der Waals surface area contributed by atoms with E-state index in [-0.39, 0.29) is 5.91 Å². The van der Waals surface area contributed by atoms with Crippen molar-refractivity contribution in [2.75, 3.05) is 13.7 Å². The van der Waals surface area contributed by atoms with Crippen LogP contribution in [-0.2, 0) is 33.3 Å². The molecule has 40 heavy (non-hydrogen) atoms. The molecule has 0 aromatic carbocycles. The molecule has 0 bridgehead atoms. The predicted octanol–water partition coefficient (Wildman–Crippen LogP) is -4.57. The molecule has 9 atom stereocenters. The van der Waals surface area contributed by atoms with Gasteiger partial charge in [0, 0.05) is 25.9 Å². The summed E-state index contributed by atoms with van der Waals surface area (Å²) in [6.45, 7) is 0.469. The van der Waals surface area contributed by atoms with Crippen LogP contribution in [-0.4, -0.2) is 105 Å². The van der Waals surface area contributed by atoms with Crippen molar-refractivity contribution in [2.45, 2.75) is 74.4 Å². The van der Waals surface area contributed by atoms with Crippen molar-refractivity contribution < 1.29 is 48.7 Å². The smallest absolute Gasteiger partial charge is 0.330 e. The average molecular weight is 570 g/mol. The normalized spacial score (nSPS) is 33.2. The molecule has 3 aliphatic rings. The molecule has 0 spiro atoms. The number of nitrogens with one attached hydrogen (secondary N) is 3. The lowest BCUT2D eigenvalue weighted by molar-refractivity contribution is -0.240. The van der Waals surface area contributed by atoms with Crippen molar-refractivity contribution in [3.05, 3.63) is 44.9 Å². The third-order valence-corrected chi connectivity index (χ3v) is 6.77. The summed E-state index contributed by atoms with van der Waals surface area (Å²) in [6.07, 6.45) is -9.19. The van der Waals surface area contributed by atoms with Crippen LogP contribution in [0.15, 0.2) is 33.7 Å². The van der Waals surface area contributed by atoms with E-state index in [0.717, 1.165) is 29.3 Å². The van der Waals surface area contributed by atoms with Gasteiger partial charge in [0.25, 0.3) is 11.5 Å². The predicted molar refractivity (Wildman–Crippen MR) is 130 cm³/mol. The van der Waals surface area contributed by atoms with Gasteiger partial charge in [-0.1, -0.05) is 0 Å². The van der Waals surface area contributed by atoms with Gasteiger partial charge >= 0.3 is 5.69 Å². The largest absolute Gasteiger partial charge is 0.456 e. The summed E-state index contributed by atoms with van der Waals surface area (Å²) in [7, 11) is 1.21. The Balaban J connectivity index is 1.52. The van der Waals surface area contributed by atoms with Crippen molar-refractivity contribution >= 4 is 17.7 Å². The number of hydrogen-bond acceptors (Lipinski definition) is 12. The SMILES string of the molecule is COC1C(O)[C@@H]([C@@H](O[C@H]2OC(C(=O)N[C@H]3CCCCNC3=O)=C[C@H](O)[C@@H]2O)C(N)=O)O[C@H]1n1ccc(=O)[nH]c1=O. The number of carbonyl (C=O) groups is 3. The first-order chi connectivity index (χ1) is 19.0. The number of aromatic amines is 1. The summed E-state index contributed by atoms with van der Waals surface area (Å²) >= 11 is 0. The van der Waals surface area contributed by atoms with Crippen LogP contribution in [0.5, 0.6) is 0 Å². The van der Waals surface area contributed by atoms with E-state index in [2.05, 4.69) is 10.6 Å². The lowest BCUT2D eigenvalue weighted by Gasteiger charge is -2.34. The summed E-state index contributed by atoms with van der Waals surface area (Å²) in [5.41, 5.74) is 3.93. The van der Waals surface area contributed by atoms with E-state index < -0.39 is 84.0 Å². The number of ether oxygens (including phenoxy) is 4. The summed E-state index contributed by atoms with van der Waals surface area (Å²) < 4.78 is 22.8. The molecule has 0 saturated carbocycles. The van der Waals surface area contributed by atoms with E-state index in [1.165, 1.54) is 7.11 Å². The average Bonchev–Trinajstić information content (AvgIpc) is 3.08. The van der Waals surface area contributed by atoms with Crippen LogP contribution in [0.25, 0.3) is 0 Å². The molecule has 4 rings (SSSR count). The fourth-order valence-corrected chi connectivity index (χ4v) is 4.68. The van der Waals surface area contributed by atoms with Gasteiger partial charge in [-0.15, -0.1) is 0 Å². The van der Waals surface area contributed by atoms with Crippen LogP contribution in [0.1, 0.15) is 25.5 Å². The Morgan fingerprint density at radius 3 is 2.62 bits per heavy atom. The fraction of sp³-hybridized carbons (Fsp3) is 0.609. The van der Waals surface area contributed by atoms with Gasteiger partial charge in [-0.05, 0) is 25.3 Å². The van der Waals surface area contributed by atoms with Crippen molar-refractivity contribution in [2.24, 2.45) is 5.73 Å². The summed E-state index contributed by atoms with van der Waals surface area (Å²) in [5, 5.41) is 36.8. The zero-order chi connectivity index (χ0) is 29.1. The Labute approximate surface area is 225 Å². The first-order valence-corrected chi connectivity index (χ1v) is 12.5. The number of primary amides is 1. The van der Waals surface area contributed by atoms with Gasteiger partial charge in [0.1, 0.15) is 36.6 Å². The highest BCUT2D eigenvalue weighted by Gasteiger charge is 2.52. The molecule has 17 heteroatoms. The number of methoxy groups -OCH3 is 1. The quantitative estimate of drug-likeness (QED) is 0.156. The number of amides is 3. The zero-order valence-electron chi connectivity index (χ0n) is 21.3. The highest BCUT2D eigenvalue weighted by molar-refractivity contribution is 5.95. The second-order valence-electron chi connectivity index (χ2n) is 9.47. The van der Waals surface area contributed by atoms with Gasteiger partial charge in [-0.25, -0.2) is 4.79 Å². The maximum atomic E-state index is 12.8. The van der Waals surface area contributed by atoms with Crippen LogP contribution in [0.2, 0.25) is 0 Å². The Hall–Kier alpha value is -3.61. The van der Waals surface area contributed by atoms with Gasteiger partial charge < -0.3 is 50.6 Å². The molecule has 4 heterocycles. The number of aliphatic hydroxyl groups excluding tert-OH is 3. The molecule has 2 fully saturated rings. The van der Waals surface area contributed by atoms with E-state index in [4.69, 9.17) is 24.7 Å². The van der Waals surface area contributed by atoms with Crippen LogP contribution in [0.4, 0.5) is 0 Å². The molecule has 1 aromatic heterocycles. The van der Waals surface area contributed by atoms with E-state index >= 15 is 0 Å². The maximum Gasteiger partial charge on any atom is 0.330 e. The molecule has 3 aliphatic heterocycles. The van der Waals surface area contributed by atoms with Crippen molar-refractivity contribution in [1.29, 1.82) is 0 Å². The molecular formula is C23H31N5O12. The standard InChI is InChI=1S/C23H31N5O12/c1-37-16-14(32)15(39-21(16)28-7-5-12(30)27-23(28)36)17(18(24)33)40-22-13(31)10(29)8-11(38-22)20(35)26-9-4-2-3-6-25-19(9)34/h5,7-10,13-17,21-22,29,31-32H,2-4,6H2,1H3,(H2,24,33)(H,25,34)(H,26,35)(H,27,30,36)/t9-,10-,13-,14?,15-,16?,17+,21+,22+/m0/s1. The van der Waals surface area contributed by atoms with Crippen molar-refractivity contribution in [3.63, 3.8) is 0 Å². The number of nitrogens with two attached hydrogens (primary N) is 1. The fourth-order valence-electron chi connectivity index (χ4n) is 4.68. The van der Waals surface area contributed by atoms with E-state index in [9.17, 15) is 39.3 Å². The first-order valence-electron chi connectivity index (χ1n) is 12.5. The topological polar surface area (TPSA) is 254 Å². The Kier molecular flexibility index (Phi) is 9.02. The van der Waals surface area contributed by atoms with E-state index in [1.54, 1.807) is 0 Å². The molecular weight excluding hydrogens is 538 g/mol. The van der Waals surface area contributed by atoms with Gasteiger partial charge in [-0.2, -0.15) is 0 Å². The lowest BCUT2D eigenvalue weighted by atomic mass is 10.0. The molecule has 8 N–H and O–H groups in total. The van der Waals surface area contributed by atoms with Crippen molar-refractivity contribution in [3.8, 4) is 0 Å². The third kappa shape index (κ3) is 6.08. The minimum atomic E-state index is -1.85. The summed E-state index contributed by atoms with van der Waals surface area (Å²) in [5.74, 6) is -2.95. The molecule has 2 unspecified atom stereocenters. The van der Waals surface area contributed by atoms with Crippen LogP contribution in [0.3, 0.4) is 0 Å². The number of hydrogen-bond donors (Lipinski definition) is 7. The molecule has 0 radical (unpaired) electrons. The number of H-pyrrole nitrogens is 1. The molecule has 2 saturated heterocycles. The second-order valence-corrected chi connectivity index (χ2v) is 9.47. The third-order valence-electron chi connectivity index (χ3n) is 6.77. The number of rotatable bonds is 8. The Bertz CT molecular complexity index is 1260. The van der Waals surface area contributed by atoms with Crippen LogP contribution >= 0.6 is 0 Å². The van der Waals surface area contributed by atoms with Gasteiger partial charge in [0.2, 0.25) is 18.1 Å². The van der Waals surface area contributed by atoms with Gasteiger partial charge in [-0.3, -0.25) is 28.7 Å². The minimum absolute atomic E-state index is 0.372. The molecule has 1 aromatic rings. The first kappa shape index (κ1) is 29.4. The Morgan fingerprint density at radius 2 is 1.95 bits per heavy atom. The molecule has 220 valence electrons. The molecule has 17 nitrogen and oxygen atoms in total. The summed E-state index contributed by atoms with van der Waals surface area (Å²) in [4.78, 5) is 63.2. The van der Waals surface area contributed by atoms with E-state index in [0.29, 0.717) is 19.4 Å². The number of aliphatic hydroxyl groups is 3. The highest BCUT2D eigenvalue weighted by Crippen LogP contribution is 2.34. The lowest BCUT2D eigenvalue weighted by Crippen LogP contribution is -2.54. The second kappa shape index (κ2) is 12.3. The van der Waals surface area contributed by atoms with Crippen LogP contribution in [0, 0.1) is 0 Å². The maximum absolute atomic E-state index is 12.8. The minimum Gasteiger partial charge on any atom is -0.456 e. The number of nitrogens with zero attached hydrogens (tertiary/aromatic N) is 1. The number of carbonyl (C=O) groups excluding carboxylic acids is 3. The zero-order valence-corrected chi connectivity index (χ0v) is 21.3. The molecule has 0 aliphatic carbocycles. The van der Waals surface area contributed by atoms with Crippen LogP contribution < -0.4 is 27.6 Å². The monoisotopic (exact) mass is 569 g/mol. The van der Waals surface area contributed by atoms with Gasteiger partial charge in [0.15, 0.2) is 18.1 Å². The summed E-state index contributed by atoms with van der Waals surface area (Å²) in [6, 6.07) is 0.173. The number of aromatic nitrogens is 2. The highest BCUT2D eigenvalue weighted by atomic mass is 16.7. The Morgan fingerprint density at radius 1 is 1.20 bits per heavy atom.